The lowest BCUT2D eigenvalue weighted by molar-refractivity contribution is -0.152. The molecule has 0 aromatic heterocycles. The van der Waals surface area contributed by atoms with Crippen molar-refractivity contribution in [3.63, 3.8) is 0 Å². The molecule has 6 nitrogen and oxygen atoms in total. The van der Waals surface area contributed by atoms with Gasteiger partial charge in [-0.15, -0.1) is 0 Å². The molecule has 0 aromatic carbocycles. The lowest BCUT2D eigenvalue weighted by Crippen LogP contribution is -2.43. The molecule has 0 aliphatic carbocycles. The van der Waals surface area contributed by atoms with Crippen molar-refractivity contribution >= 4 is 41.7 Å². The minimum atomic E-state index is -0.911. The van der Waals surface area contributed by atoms with E-state index in [0.29, 0.717) is 6.61 Å². The molecule has 0 aliphatic heterocycles. The van der Waals surface area contributed by atoms with E-state index in [0.717, 1.165) is 19.3 Å². The minimum absolute atomic E-state index is 0.0238. The normalized spacial score (nSPS) is 13.2. The summed E-state index contributed by atoms with van der Waals surface area (Å²) in [6.45, 7) is 2.18. The van der Waals surface area contributed by atoms with Crippen LogP contribution >= 0.6 is 24.8 Å². The number of ether oxygens (including phenoxy) is 2. The molecule has 0 rings (SSSR count). The topological polar surface area (TPSA) is 105 Å². The fourth-order valence-electron chi connectivity index (χ4n) is 2.38. The van der Waals surface area contributed by atoms with Gasteiger partial charge in [-0.25, -0.2) is 0 Å². The van der Waals surface area contributed by atoms with Crippen molar-refractivity contribution in [2.75, 3.05) is 19.0 Å². The zero-order valence-corrected chi connectivity index (χ0v) is 16.8. The lowest BCUT2D eigenvalue weighted by Gasteiger charge is -2.23. The van der Waals surface area contributed by atoms with Crippen molar-refractivity contribution in [3.8, 4) is 0 Å². The summed E-state index contributed by atoms with van der Waals surface area (Å²) in [4.78, 5) is 23.0. The van der Waals surface area contributed by atoms with Gasteiger partial charge in [0.1, 0.15) is 17.7 Å². The maximum Gasteiger partial charge on any atom is 0.312 e. The first-order chi connectivity index (χ1) is 11.9. The van der Waals surface area contributed by atoms with Crippen molar-refractivity contribution in [1.82, 2.24) is 0 Å². The van der Waals surface area contributed by atoms with Gasteiger partial charge in [0, 0.05) is 5.75 Å². The number of thiol groups is 1. The fraction of sp³-hybridized carbons (Fsp3) is 0.824. The average molecular weight is 393 g/mol. The predicted octanol–water partition coefficient (Wildman–Crippen LogP) is 2.37. The molecule has 0 saturated heterocycles. The molecule has 4 N–H and O–H groups in total. The van der Waals surface area contributed by atoms with Crippen LogP contribution in [-0.2, 0) is 19.1 Å². The summed E-state index contributed by atoms with van der Waals surface area (Å²) in [5.74, 6) is -1.74. The number of hydrogen-bond donors (Lipinski definition) is 3. The zero-order chi connectivity index (χ0) is 19.1. The van der Waals surface area contributed by atoms with Crippen molar-refractivity contribution in [2.45, 2.75) is 64.4 Å². The first-order valence-corrected chi connectivity index (χ1v) is 9.94. The largest absolute Gasteiger partial charge is 0.465 e. The molecule has 0 aromatic rings. The minimum Gasteiger partial charge on any atom is -0.465 e. The van der Waals surface area contributed by atoms with Crippen LogP contribution in [0.3, 0.4) is 0 Å². The number of carbonyl (C=O) groups is 2. The Bertz CT molecular complexity index is 408. The molecule has 2 atom stereocenters. The summed E-state index contributed by atoms with van der Waals surface area (Å²) in [5.41, 5.74) is 10.6. The Labute approximate surface area is 161 Å². The van der Waals surface area contributed by atoms with Gasteiger partial charge in [-0.3, -0.25) is 9.59 Å². The molecular weight excluding hydrogens is 360 g/mol. The van der Waals surface area contributed by atoms with Gasteiger partial charge in [0.15, 0.2) is 0 Å². The summed E-state index contributed by atoms with van der Waals surface area (Å²) in [6, 6.07) is 0. The van der Waals surface area contributed by atoms with Crippen LogP contribution in [0.15, 0.2) is 0 Å². The summed E-state index contributed by atoms with van der Waals surface area (Å²) in [6.07, 6.45) is 8.41. The first-order valence-electron chi connectivity index (χ1n) is 8.90. The van der Waals surface area contributed by atoms with Crippen molar-refractivity contribution in [2.24, 2.45) is 17.4 Å². The van der Waals surface area contributed by atoms with E-state index < -0.39 is 23.9 Å². The highest BCUT2D eigenvalue weighted by Gasteiger charge is 2.32. The van der Waals surface area contributed by atoms with Crippen LogP contribution in [0.2, 0.25) is 0 Å². The second-order valence-electron chi connectivity index (χ2n) is 6.03. The monoisotopic (exact) mass is 392 g/mol. The number of carbonyl (C=O) groups excluding carboxylic acids is 2. The van der Waals surface area contributed by atoms with E-state index in [9.17, 15) is 9.59 Å². The molecule has 0 saturated carbocycles. The number of rotatable bonds is 16. The number of unbranched alkanes of at least 4 members (excludes halogenated alkanes) is 7. The Morgan fingerprint density at radius 1 is 1.04 bits per heavy atom. The van der Waals surface area contributed by atoms with Crippen LogP contribution in [0.1, 0.15) is 58.3 Å². The van der Waals surface area contributed by atoms with Crippen LogP contribution in [0.25, 0.3) is 0 Å². The number of esters is 1. The third kappa shape index (κ3) is 12.2. The molecule has 0 heterocycles. The van der Waals surface area contributed by atoms with Gasteiger partial charge in [0.2, 0.25) is 5.91 Å². The first kappa shape index (κ1) is 24.1. The van der Waals surface area contributed by atoms with Crippen molar-refractivity contribution < 1.29 is 19.1 Å². The number of nitrogens with two attached hydrogens (primary N) is 2. The summed E-state index contributed by atoms with van der Waals surface area (Å²) in [5, 5.41) is 0. The third-order valence-electron chi connectivity index (χ3n) is 3.79. The Morgan fingerprint density at radius 3 is 2.08 bits per heavy atom. The van der Waals surface area contributed by atoms with Crippen molar-refractivity contribution in [1.29, 1.82) is 0 Å². The Kier molecular flexibility index (Phi) is 14.9. The Morgan fingerprint density at radius 2 is 1.60 bits per heavy atom. The molecule has 0 bridgehead atoms. The van der Waals surface area contributed by atoms with E-state index in [1.54, 1.807) is 0 Å². The van der Waals surface area contributed by atoms with Gasteiger partial charge in [-0.1, -0.05) is 64.1 Å². The van der Waals surface area contributed by atoms with Gasteiger partial charge in [-0.2, -0.15) is 12.6 Å². The van der Waals surface area contributed by atoms with E-state index in [1.807, 2.05) is 0 Å². The Hall–Kier alpha value is -0.860. The highest BCUT2D eigenvalue weighted by Crippen LogP contribution is 2.14. The molecule has 25 heavy (non-hydrogen) atoms. The molecule has 8 heteroatoms. The maximum absolute atomic E-state index is 12.2. The molecule has 0 spiro atoms. The summed E-state index contributed by atoms with van der Waals surface area (Å²) in [7, 11) is 0. The smallest absolute Gasteiger partial charge is 0.312 e. The SMILES string of the molecule is CCCCCCCCCCOC(=O)C(CS)C(OCC(N)=O)C(N)=S. The van der Waals surface area contributed by atoms with Gasteiger partial charge < -0.3 is 20.9 Å². The molecule has 1 amide bonds. The number of primary amides is 1. The Balaban J connectivity index is 4.09. The van der Waals surface area contributed by atoms with Crippen molar-refractivity contribution in [3.05, 3.63) is 0 Å². The third-order valence-corrected chi connectivity index (χ3v) is 4.42. The van der Waals surface area contributed by atoms with Gasteiger partial charge in [0.05, 0.1) is 12.5 Å². The number of hydrogen-bond acceptors (Lipinski definition) is 6. The predicted molar refractivity (Wildman–Crippen MR) is 107 cm³/mol. The van der Waals surface area contributed by atoms with Crippen LogP contribution in [-0.4, -0.2) is 41.9 Å². The van der Waals surface area contributed by atoms with E-state index >= 15 is 0 Å². The molecule has 2 unspecified atom stereocenters. The molecule has 146 valence electrons. The van der Waals surface area contributed by atoms with E-state index in [4.69, 9.17) is 33.2 Å². The highest BCUT2D eigenvalue weighted by molar-refractivity contribution is 7.80. The van der Waals surface area contributed by atoms with E-state index in [2.05, 4.69) is 19.6 Å². The number of amides is 1. The summed E-state index contributed by atoms with van der Waals surface area (Å²) >= 11 is 9.04. The molecule has 0 radical (unpaired) electrons. The second kappa shape index (κ2) is 15.4. The van der Waals surface area contributed by atoms with Crippen LogP contribution in [0.5, 0.6) is 0 Å². The zero-order valence-electron chi connectivity index (χ0n) is 15.1. The van der Waals surface area contributed by atoms with E-state index in [1.165, 1.54) is 32.1 Å². The molecule has 0 aliphatic rings. The average Bonchev–Trinajstić information content (AvgIpc) is 2.56. The lowest BCUT2D eigenvalue weighted by atomic mass is 10.0. The van der Waals surface area contributed by atoms with Gasteiger partial charge in [0.25, 0.3) is 0 Å². The van der Waals surface area contributed by atoms with Crippen LogP contribution in [0.4, 0.5) is 0 Å². The van der Waals surface area contributed by atoms with Gasteiger partial charge in [-0.05, 0) is 6.42 Å². The quantitative estimate of drug-likeness (QED) is 0.161. The maximum atomic E-state index is 12.2. The van der Waals surface area contributed by atoms with E-state index in [-0.39, 0.29) is 17.3 Å². The highest BCUT2D eigenvalue weighted by atomic mass is 32.1. The summed E-state index contributed by atoms with van der Waals surface area (Å²) < 4.78 is 10.5. The number of thiocarbonyl (C=S) groups is 1. The standard InChI is InChI=1S/C17H32N2O4S2/c1-2-3-4-5-6-7-8-9-10-22-17(21)13(12-24)15(16(19)25)23-11-14(18)20/h13,15,24H,2-12H2,1H3,(H2,18,20)(H2,19,25). The second-order valence-corrected chi connectivity index (χ2v) is 6.87. The fourth-order valence-corrected chi connectivity index (χ4v) is 2.95. The molecule has 0 fully saturated rings. The molecular formula is C17H32N2O4S2. The van der Waals surface area contributed by atoms with Crippen LogP contribution in [0, 0.1) is 5.92 Å². The van der Waals surface area contributed by atoms with Gasteiger partial charge >= 0.3 is 5.97 Å². The van der Waals surface area contributed by atoms with Crippen LogP contribution < -0.4 is 11.5 Å².